The Morgan fingerprint density at radius 3 is 2.30 bits per heavy atom. The van der Waals surface area contributed by atoms with Crippen molar-refractivity contribution in [3.05, 3.63) is 40.7 Å². The van der Waals surface area contributed by atoms with Crippen LogP contribution in [-0.2, 0) is 4.79 Å². The third-order valence-corrected chi connectivity index (χ3v) is 3.45. The Morgan fingerprint density at radius 2 is 1.75 bits per heavy atom. The number of carbonyl (C=O) groups excluding carboxylic acids is 1. The van der Waals surface area contributed by atoms with Crippen LogP contribution in [0.4, 0.5) is 5.69 Å². The summed E-state index contributed by atoms with van der Waals surface area (Å²) in [6, 6.07) is 5.99. The monoisotopic (exact) mass is 271 g/mol. The van der Waals surface area contributed by atoms with Crippen molar-refractivity contribution >= 4 is 17.7 Å². The molecule has 0 saturated heterocycles. The molecular formula is C17H21NO2. The number of Topliss-reactive ketones (excluding diaryl/α,β-unsaturated/α-hetero) is 1. The molecule has 0 spiro atoms. The molecule has 0 saturated carbocycles. The Hall–Kier alpha value is -1.90. The zero-order valence-corrected chi connectivity index (χ0v) is 12.5. The molecule has 1 aromatic carbocycles. The number of allylic oxidation sites excluding steroid dienone is 2. The molecule has 2 rings (SSSR count). The van der Waals surface area contributed by atoms with Crippen molar-refractivity contribution in [3.8, 4) is 0 Å². The average molecular weight is 271 g/mol. The van der Waals surface area contributed by atoms with Crippen LogP contribution in [0.1, 0.15) is 37.8 Å². The van der Waals surface area contributed by atoms with Gasteiger partial charge in [0.15, 0.2) is 5.78 Å². The highest BCUT2D eigenvalue weighted by Gasteiger charge is 2.32. The van der Waals surface area contributed by atoms with Crippen LogP contribution in [-0.4, -0.2) is 17.1 Å². The predicted octanol–water partition coefficient (Wildman–Crippen LogP) is 4.21. The van der Waals surface area contributed by atoms with Crippen LogP contribution < -0.4 is 0 Å². The third kappa shape index (κ3) is 3.35. The Bertz CT molecular complexity index is 589. The molecule has 0 atom stereocenters. The fraction of sp³-hybridized carbons (Fsp3) is 0.412. The average Bonchev–Trinajstić information content (AvgIpc) is 2.24. The maximum Gasteiger partial charge on any atom is 0.168 e. The standard InChI is InChI=1S/C17H21NO2/c1-11-5-12(2)7-13(6-11)18-10-14-15(19)8-17(3,4)9-16(14)20/h5-7,10,19H,8-9H2,1-4H3. The van der Waals surface area contributed by atoms with Crippen LogP contribution in [0.3, 0.4) is 0 Å². The van der Waals surface area contributed by atoms with Crippen LogP contribution in [0.2, 0.25) is 0 Å². The lowest BCUT2D eigenvalue weighted by Crippen LogP contribution is -2.26. The van der Waals surface area contributed by atoms with Gasteiger partial charge in [0.2, 0.25) is 0 Å². The van der Waals surface area contributed by atoms with E-state index in [1.807, 2.05) is 39.8 Å². The second-order valence-electron chi connectivity index (χ2n) is 6.41. The molecule has 106 valence electrons. The smallest absolute Gasteiger partial charge is 0.168 e. The predicted molar refractivity (Wildman–Crippen MR) is 81.7 cm³/mol. The van der Waals surface area contributed by atoms with Gasteiger partial charge in [-0.25, -0.2) is 0 Å². The molecule has 0 fully saturated rings. The number of hydrogen-bond acceptors (Lipinski definition) is 3. The van der Waals surface area contributed by atoms with E-state index >= 15 is 0 Å². The van der Waals surface area contributed by atoms with Gasteiger partial charge in [-0.1, -0.05) is 19.9 Å². The Morgan fingerprint density at radius 1 is 1.15 bits per heavy atom. The van der Waals surface area contributed by atoms with Crippen LogP contribution in [0, 0.1) is 19.3 Å². The summed E-state index contributed by atoms with van der Waals surface area (Å²) >= 11 is 0. The van der Waals surface area contributed by atoms with Crippen LogP contribution in [0.5, 0.6) is 0 Å². The molecule has 1 aromatic rings. The minimum atomic E-state index is -0.168. The number of aliphatic hydroxyl groups is 1. The molecule has 1 N–H and O–H groups in total. The SMILES string of the molecule is Cc1cc(C)cc(N=CC2=C(O)CC(C)(C)CC2=O)c1. The van der Waals surface area contributed by atoms with Gasteiger partial charge in [0.05, 0.1) is 11.3 Å². The number of aryl methyl sites for hydroxylation is 2. The van der Waals surface area contributed by atoms with Gasteiger partial charge in [-0.15, -0.1) is 0 Å². The number of carbonyl (C=O) groups is 1. The fourth-order valence-electron chi connectivity index (χ4n) is 2.61. The molecule has 0 aromatic heterocycles. The molecule has 0 aliphatic heterocycles. The summed E-state index contributed by atoms with van der Waals surface area (Å²) < 4.78 is 0. The summed E-state index contributed by atoms with van der Waals surface area (Å²) in [7, 11) is 0. The van der Waals surface area contributed by atoms with Gasteiger partial charge >= 0.3 is 0 Å². The zero-order valence-electron chi connectivity index (χ0n) is 12.5. The highest BCUT2D eigenvalue weighted by molar-refractivity contribution is 6.14. The molecule has 20 heavy (non-hydrogen) atoms. The number of ketones is 1. The van der Waals surface area contributed by atoms with Crippen molar-refractivity contribution in [3.63, 3.8) is 0 Å². The van der Waals surface area contributed by atoms with E-state index in [2.05, 4.69) is 11.1 Å². The molecule has 0 radical (unpaired) electrons. The second kappa shape index (κ2) is 5.23. The fourth-order valence-corrected chi connectivity index (χ4v) is 2.61. The highest BCUT2D eigenvalue weighted by atomic mass is 16.3. The van der Waals surface area contributed by atoms with E-state index in [1.165, 1.54) is 6.21 Å². The normalized spacial score (nSPS) is 18.9. The van der Waals surface area contributed by atoms with Crippen LogP contribution >= 0.6 is 0 Å². The topological polar surface area (TPSA) is 49.7 Å². The van der Waals surface area contributed by atoms with E-state index in [1.54, 1.807) is 0 Å². The summed E-state index contributed by atoms with van der Waals surface area (Å²) in [5, 5.41) is 10.0. The quantitative estimate of drug-likeness (QED) is 0.819. The van der Waals surface area contributed by atoms with Gasteiger partial charge in [0, 0.05) is 19.1 Å². The van der Waals surface area contributed by atoms with Crippen molar-refractivity contribution in [2.24, 2.45) is 10.4 Å². The van der Waals surface area contributed by atoms with Crippen LogP contribution in [0.15, 0.2) is 34.5 Å². The molecular weight excluding hydrogens is 250 g/mol. The number of benzene rings is 1. The first-order valence-electron chi connectivity index (χ1n) is 6.84. The van der Waals surface area contributed by atoms with E-state index in [4.69, 9.17) is 0 Å². The summed E-state index contributed by atoms with van der Waals surface area (Å²) in [5.41, 5.74) is 3.25. The Kier molecular flexibility index (Phi) is 3.80. The zero-order chi connectivity index (χ0) is 14.9. The number of aliphatic imine (C=N–C) groups is 1. The molecule has 0 bridgehead atoms. The number of nitrogens with zero attached hydrogens (tertiary/aromatic N) is 1. The van der Waals surface area contributed by atoms with Crippen molar-refractivity contribution in [2.45, 2.75) is 40.5 Å². The maximum atomic E-state index is 12.1. The maximum absolute atomic E-state index is 12.1. The highest BCUT2D eigenvalue weighted by Crippen LogP contribution is 2.35. The number of rotatable bonds is 2. The Labute approximate surface area is 120 Å². The summed E-state index contributed by atoms with van der Waals surface area (Å²) in [6.07, 6.45) is 2.47. The second-order valence-corrected chi connectivity index (χ2v) is 6.41. The minimum absolute atomic E-state index is 0.0353. The first-order valence-corrected chi connectivity index (χ1v) is 6.84. The largest absolute Gasteiger partial charge is 0.511 e. The molecule has 0 amide bonds. The van der Waals surface area contributed by atoms with E-state index in [0.717, 1.165) is 16.8 Å². The van der Waals surface area contributed by atoms with E-state index in [9.17, 15) is 9.90 Å². The lowest BCUT2D eigenvalue weighted by molar-refractivity contribution is -0.117. The summed E-state index contributed by atoms with van der Waals surface area (Å²) in [4.78, 5) is 16.4. The van der Waals surface area contributed by atoms with Crippen molar-refractivity contribution < 1.29 is 9.90 Å². The van der Waals surface area contributed by atoms with Gasteiger partial charge < -0.3 is 5.11 Å². The van der Waals surface area contributed by atoms with E-state index in [-0.39, 0.29) is 17.0 Å². The Balaban J connectivity index is 2.29. The van der Waals surface area contributed by atoms with E-state index < -0.39 is 0 Å². The number of hydrogen-bond donors (Lipinski definition) is 1. The summed E-state index contributed by atoms with van der Waals surface area (Å²) in [6.45, 7) is 7.99. The van der Waals surface area contributed by atoms with Crippen LogP contribution in [0.25, 0.3) is 0 Å². The van der Waals surface area contributed by atoms with Crippen molar-refractivity contribution in [1.82, 2.24) is 0 Å². The van der Waals surface area contributed by atoms with Gasteiger partial charge in [-0.05, 0) is 42.5 Å². The molecule has 1 aliphatic rings. The van der Waals surface area contributed by atoms with Gasteiger partial charge in [-0.3, -0.25) is 9.79 Å². The van der Waals surface area contributed by atoms with Gasteiger partial charge in [0.25, 0.3) is 0 Å². The lowest BCUT2D eigenvalue weighted by atomic mass is 9.77. The lowest BCUT2D eigenvalue weighted by Gasteiger charge is -2.28. The molecule has 3 nitrogen and oxygen atoms in total. The van der Waals surface area contributed by atoms with Gasteiger partial charge in [-0.2, -0.15) is 0 Å². The first-order chi connectivity index (χ1) is 9.27. The molecule has 1 aliphatic carbocycles. The molecule has 0 heterocycles. The van der Waals surface area contributed by atoms with Crippen molar-refractivity contribution in [1.29, 1.82) is 0 Å². The first kappa shape index (κ1) is 14.5. The summed E-state index contributed by atoms with van der Waals surface area (Å²) in [5.74, 6) is 0.117. The molecule has 0 unspecified atom stereocenters. The minimum Gasteiger partial charge on any atom is -0.511 e. The van der Waals surface area contributed by atoms with E-state index in [0.29, 0.717) is 18.4 Å². The third-order valence-electron chi connectivity index (χ3n) is 3.45. The number of aliphatic hydroxyl groups excluding tert-OH is 1. The van der Waals surface area contributed by atoms with Crippen molar-refractivity contribution in [2.75, 3.05) is 0 Å². The molecule has 3 heteroatoms. The van der Waals surface area contributed by atoms with Gasteiger partial charge in [0.1, 0.15) is 5.76 Å².